The number of piperidine rings is 1. The molecule has 1 aromatic heterocycles. The first-order valence-electron chi connectivity index (χ1n) is 5.20. The topological polar surface area (TPSA) is 3.24 Å². The molecule has 1 aromatic rings. The molecule has 78 valence electrons. The highest BCUT2D eigenvalue weighted by Gasteiger charge is 2.15. The second kappa shape index (κ2) is 4.77. The zero-order valence-corrected chi connectivity index (χ0v) is 10.9. The van der Waals surface area contributed by atoms with E-state index in [0.29, 0.717) is 0 Å². The fraction of sp³-hybridized carbons (Fsp3) is 0.636. The van der Waals surface area contributed by atoms with Gasteiger partial charge in [-0.2, -0.15) is 0 Å². The predicted molar refractivity (Wildman–Crippen MR) is 65.7 cm³/mol. The van der Waals surface area contributed by atoms with E-state index in [0.717, 1.165) is 12.5 Å². The molecule has 14 heavy (non-hydrogen) atoms. The molecule has 0 spiro atoms. The van der Waals surface area contributed by atoms with Crippen LogP contribution in [0, 0.1) is 5.92 Å². The van der Waals surface area contributed by atoms with Gasteiger partial charge in [-0.05, 0) is 59.9 Å². The molecule has 2 heterocycles. The maximum absolute atomic E-state index is 3.51. The smallest absolute Gasteiger partial charge is 0.0701 e. The minimum absolute atomic E-state index is 0.932. The molecule has 3 heteroatoms. The van der Waals surface area contributed by atoms with E-state index in [1.54, 1.807) is 0 Å². The summed E-state index contributed by atoms with van der Waals surface area (Å²) in [5.74, 6) is 0.932. The summed E-state index contributed by atoms with van der Waals surface area (Å²) >= 11 is 5.36. The Bertz CT molecular complexity index is 289. The summed E-state index contributed by atoms with van der Waals surface area (Å²) in [7, 11) is 0. The molecule has 0 unspecified atom stereocenters. The molecule has 1 aliphatic heterocycles. The van der Waals surface area contributed by atoms with Crippen molar-refractivity contribution >= 4 is 27.3 Å². The van der Waals surface area contributed by atoms with Gasteiger partial charge in [0.05, 0.1) is 3.79 Å². The van der Waals surface area contributed by atoms with Gasteiger partial charge in [-0.25, -0.2) is 0 Å². The Hall–Kier alpha value is 0.140. The number of thiophene rings is 1. The van der Waals surface area contributed by atoms with E-state index in [2.05, 4.69) is 39.9 Å². The normalized spacial score (nSPS) is 20.1. The molecule has 0 saturated carbocycles. The molecular weight excluding hydrogens is 258 g/mol. The Morgan fingerprint density at radius 3 is 2.71 bits per heavy atom. The van der Waals surface area contributed by atoms with Crippen LogP contribution in [-0.4, -0.2) is 18.0 Å². The van der Waals surface area contributed by atoms with Crippen LogP contribution in [0.1, 0.15) is 24.6 Å². The number of hydrogen-bond donors (Lipinski definition) is 0. The van der Waals surface area contributed by atoms with Gasteiger partial charge in [-0.3, -0.25) is 4.90 Å². The summed E-state index contributed by atoms with van der Waals surface area (Å²) in [6.07, 6.45) is 2.74. The summed E-state index contributed by atoms with van der Waals surface area (Å²) in [5.41, 5.74) is 0. The third-order valence-electron chi connectivity index (χ3n) is 2.88. The minimum Gasteiger partial charge on any atom is -0.298 e. The van der Waals surface area contributed by atoms with E-state index in [1.165, 1.54) is 34.6 Å². The Kier molecular flexibility index (Phi) is 3.63. The van der Waals surface area contributed by atoms with Crippen LogP contribution in [0.15, 0.2) is 15.9 Å². The van der Waals surface area contributed by atoms with Crippen molar-refractivity contribution in [3.8, 4) is 0 Å². The summed E-state index contributed by atoms with van der Waals surface area (Å²) < 4.78 is 1.25. The van der Waals surface area contributed by atoms with Crippen LogP contribution in [0.3, 0.4) is 0 Å². The molecule has 0 N–H and O–H groups in total. The van der Waals surface area contributed by atoms with Gasteiger partial charge in [-0.15, -0.1) is 11.3 Å². The average molecular weight is 274 g/mol. The highest BCUT2D eigenvalue weighted by molar-refractivity contribution is 9.11. The van der Waals surface area contributed by atoms with Crippen molar-refractivity contribution in [2.75, 3.05) is 13.1 Å². The number of nitrogens with zero attached hydrogens (tertiary/aromatic N) is 1. The molecule has 0 bridgehead atoms. The first-order chi connectivity index (χ1) is 6.74. The standard InChI is InChI=1S/C11H16BrNS/c1-9-4-6-13(7-5-9)8-10-2-3-11(12)14-10/h2-3,9H,4-8H2,1H3. The van der Waals surface area contributed by atoms with Crippen LogP contribution in [0.25, 0.3) is 0 Å². The number of rotatable bonds is 2. The van der Waals surface area contributed by atoms with E-state index in [-0.39, 0.29) is 0 Å². The van der Waals surface area contributed by atoms with Crippen LogP contribution >= 0.6 is 27.3 Å². The summed E-state index contributed by atoms with van der Waals surface area (Å²) in [4.78, 5) is 4.05. The van der Waals surface area contributed by atoms with Gasteiger partial charge in [0.15, 0.2) is 0 Å². The molecule has 0 amide bonds. The second-order valence-electron chi connectivity index (χ2n) is 4.16. The lowest BCUT2D eigenvalue weighted by atomic mass is 9.99. The molecule has 0 radical (unpaired) electrons. The van der Waals surface area contributed by atoms with Crippen LogP contribution < -0.4 is 0 Å². The maximum Gasteiger partial charge on any atom is 0.0701 e. The predicted octanol–water partition coefficient (Wildman–Crippen LogP) is 3.74. The van der Waals surface area contributed by atoms with E-state index < -0.39 is 0 Å². The first-order valence-corrected chi connectivity index (χ1v) is 6.81. The summed E-state index contributed by atoms with van der Waals surface area (Å²) in [6.45, 7) is 6.05. The Balaban J connectivity index is 1.86. The van der Waals surface area contributed by atoms with E-state index >= 15 is 0 Å². The summed E-state index contributed by atoms with van der Waals surface area (Å²) in [6, 6.07) is 4.37. The van der Waals surface area contributed by atoms with Gasteiger partial charge < -0.3 is 0 Å². The fourth-order valence-corrected chi connectivity index (χ4v) is 3.40. The number of hydrogen-bond acceptors (Lipinski definition) is 2. The van der Waals surface area contributed by atoms with Crippen molar-refractivity contribution in [3.05, 3.63) is 20.8 Å². The first kappa shape index (κ1) is 10.7. The van der Waals surface area contributed by atoms with E-state index in [9.17, 15) is 0 Å². The Labute approximate surface area is 98.2 Å². The van der Waals surface area contributed by atoms with Crippen LogP contribution in [0.2, 0.25) is 0 Å². The van der Waals surface area contributed by atoms with Crippen molar-refractivity contribution in [2.45, 2.75) is 26.3 Å². The monoisotopic (exact) mass is 273 g/mol. The van der Waals surface area contributed by atoms with Gasteiger partial charge in [0.2, 0.25) is 0 Å². The lowest BCUT2D eigenvalue weighted by molar-refractivity contribution is 0.186. The molecule has 0 aromatic carbocycles. The molecule has 1 aliphatic rings. The van der Waals surface area contributed by atoms with Crippen molar-refractivity contribution in [3.63, 3.8) is 0 Å². The van der Waals surface area contributed by atoms with Crippen LogP contribution in [0.5, 0.6) is 0 Å². The quantitative estimate of drug-likeness (QED) is 0.794. The van der Waals surface area contributed by atoms with Gasteiger partial charge in [0.25, 0.3) is 0 Å². The third-order valence-corrected chi connectivity index (χ3v) is 4.49. The van der Waals surface area contributed by atoms with Crippen LogP contribution in [0.4, 0.5) is 0 Å². The van der Waals surface area contributed by atoms with Crippen molar-refractivity contribution in [1.29, 1.82) is 0 Å². The third kappa shape index (κ3) is 2.81. The maximum atomic E-state index is 3.51. The summed E-state index contributed by atoms with van der Waals surface area (Å²) in [5, 5.41) is 0. The number of halogens is 1. The van der Waals surface area contributed by atoms with Gasteiger partial charge >= 0.3 is 0 Å². The Morgan fingerprint density at radius 2 is 2.14 bits per heavy atom. The zero-order chi connectivity index (χ0) is 9.97. The fourth-order valence-electron chi connectivity index (χ4n) is 1.88. The molecular formula is C11H16BrNS. The van der Waals surface area contributed by atoms with E-state index in [4.69, 9.17) is 0 Å². The highest BCUT2D eigenvalue weighted by Crippen LogP contribution is 2.25. The minimum atomic E-state index is 0.932. The largest absolute Gasteiger partial charge is 0.298 e. The van der Waals surface area contributed by atoms with Crippen molar-refractivity contribution in [2.24, 2.45) is 5.92 Å². The van der Waals surface area contributed by atoms with Crippen LogP contribution in [-0.2, 0) is 6.54 Å². The lowest BCUT2D eigenvalue weighted by Crippen LogP contribution is -2.32. The van der Waals surface area contributed by atoms with E-state index in [1.807, 2.05) is 11.3 Å². The molecule has 2 rings (SSSR count). The Morgan fingerprint density at radius 1 is 1.43 bits per heavy atom. The highest BCUT2D eigenvalue weighted by atomic mass is 79.9. The van der Waals surface area contributed by atoms with Crippen molar-refractivity contribution < 1.29 is 0 Å². The lowest BCUT2D eigenvalue weighted by Gasteiger charge is -2.29. The second-order valence-corrected chi connectivity index (χ2v) is 6.71. The SMILES string of the molecule is CC1CCN(Cc2ccc(Br)s2)CC1. The van der Waals surface area contributed by atoms with Crippen molar-refractivity contribution in [1.82, 2.24) is 4.90 Å². The molecule has 1 fully saturated rings. The molecule has 0 atom stereocenters. The average Bonchev–Trinajstić information content (AvgIpc) is 2.56. The van der Waals surface area contributed by atoms with Gasteiger partial charge in [0, 0.05) is 11.4 Å². The molecule has 1 nitrogen and oxygen atoms in total. The van der Waals surface area contributed by atoms with Gasteiger partial charge in [0.1, 0.15) is 0 Å². The van der Waals surface area contributed by atoms with Gasteiger partial charge in [-0.1, -0.05) is 6.92 Å². The molecule has 1 saturated heterocycles. The number of likely N-dealkylation sites (tertiary alicyclic amines) is 1. The zero-order valence-electron chi connectivity index (χ0n) is 8.50. The molecule has 0 aliphatic carbocycles.